The first-order valence-corrected chi connectivity index (χ1v) is 7.51. The first-order valence-electron chi connectivity index (χ1n) is 7.51. The van der Waals surface area contributed by atoms with Gasteiger partial charge in [0.05, 0.1) is 0 Å². The molecule has 0 spiro atoms. The summed E-state index contributed by atoms with van der Waals surface area (Å²) >= 11 is 0. The smallest absolute Gasteiger partial charge is 0.227 e. The third-order valence-corrected chi connectivity index (χ3v) is 3.70. The molecule has 5 nitrogen and oxygen atoms in total. The lowest BCUT2D eigenvalue weighted by atomic mass is 9.97. The van der Waals surface area contributed by atoms with Crippen LogP contribution in [0.15, 0.2) is 48.8 Å². The molecule has 0 bridgehead atoms. The summed E-state index contributed by atoms with van der Waals surface area (Å²) in [5.41, 5.74) is 0.759. The fraction of sp³-hybridized carbons (Fsp3) is 0.294. The largest absolute Gasteiger partial charge is 0.457 e. The van der Waals surface area contributed by atoms with Gasteiger partial charge in [0, 0.05) is 30.1 Å². The highest BCUT2D eigenvalue weighted by Gasteiger charge is 2.20. The van der Waals surface area contributed by atoms with E-state index < -0.39 is 0 Å². The number of hydrogen-bond acceptors (Lipinski definition) is 4. The molecule has 1 aromatic heterocycles. The van der Waals surface area contributed by atoms with Gasteiger partial charge < -0.3 is 15.4 Å². The van der Waals surface area contributed by atoms with Crippen LogP contribution in [0.4, 0.5) is 5.69 Å². The van der Waals surface area contributed by atoms with Gasteiger partial charge in [0.15, 0.2) is 0 Å². The number of rotatable bonds is 4. The van der Waals surface area contributed by atoms with Crippen molar-refractivity contribution in [3.05, 3.63) is 48.8 Å². The fourth-order valence-electron chi connectivity index (χ4n) is 2.51. The Morgan fingerprint density at radius 3 is 2.68 bits per heavy atom. The van der Waals surface area contributed by atoms with E-state index in [9.17, 15) is 4.79 Å². The van der Waals surface area contributed by atoms with Crippen LogP contribution in [-0.2, 0) is 4.79 Å². The number of amides is 1. The second-order valence-electron chi connectivity index (χ2n) is 5.33. The second-order valence-corrected chi connectivity index (χ2v) is 5.33. The Morgan fingerprint density at radius 1 is 1.14 bits per heavy atom. The Hall–Kier alpha value is -2.40. The molecular weight excluding hydrogens is 278 g/mol. The van der Waals surface area contributed by atoms with E-state index in [1.54, 1.807) is 24.5 Å². The number of piperidine rings is 1. The van der Waals surface area contributed by atoms with E-state index >= 15 is 0 Å². The van der Waals surface area contributed by atoms with Crippen molar-refractivity contribution in [1.82, 2.24) is 10.3 Å². The molecule has 114 valence electrons. The van der Waals surface area contributed by atoms with E-state index in [4.69, 9.17) is 4.74 Å². The number of benzene rings is 1. The lowest BCUT2D eigenvalue weighted by Crippen LogP contribution is -2.34. The molecule has 0 atom stereocenters. The van der Waals surface area contributed by atoms with Crippen molar-refractivity contribution in [1.29, 1.82) is 0 Å². The number of carbonyl (C=O) groups is 1. The van der Waals surface area contributed by atoms with Crippen LogP contribution >= 0.6 is 0 Å². The topological polar surface area (TPSA) is 63.2 Å². The molecule has 0 aliphatic carbocycles. The predicted molar refractivity (Wildman–Crippen MR) is 85.0 cm³/mol. The van der Waals surface area contributed by atoms with Gasteiger partial charge in [-0.1, -0.05) is 6.07 Å². The summed E-state index contributed by atoms with van der Waals surface area (Å²) in [5.74, 6) is 1.58. The lowest BCUT2D eigenvalue weighted by molar-refractivity contribution is -0.120. The van der Waals surface area contributed by atoms with Crippen LogP contribution in [-0.4, -0.2) is 24.0 Å². The van der Waals surface area contributed by atoms with Crippen molar-refractivity contribution in [3.8, 4) is 11.5 Å². The summed E-state index contributed by atoms with van der Waals surface area (Å²) in [5, 5.41) is 6.24. The minimum Gasteiger partial charge on any atom is -0.457 e. The number of ether oxygens (including phenoxy) is 1. The first kappa shape index (κ1) is 14.5. The van der Waals surface area contributed by atoms with Crippen LogP contribution in [0, 0.1) is 5.92 Å². The zero-order chi connectivity index (χ0) is 15.2. The Kier molecular flexibility index (Phi) is 4.65. The average molecular weight is 297 g/mol. The van der Waals surface area contributed by atoms with E-state index in [1.165, 1.54) is 0 Å². The van der Waals surface area contributed by atoms with Crippen LogP contribution in [0.5, 0.6) is 11.5 Å². The van der Waals surface area contributed by atoms with Crippen LogP contribution in [0.1, 0.15) is 12.8 Å². The highest BCUT2D eigenvalue weighted by atomic mass is 16.5. The minimum atomic E-state index is 0.0857. The second kappa shape index (κ2) is 7.04. The molecule has 1 saturated heterocycles. The van der Waals surface area contributed by atoms with Crippen molar-refractivity contribution < 1.29 is 9.53 Å². The van der Waals surface area contributed by atoms with Crippen molar-refractivity contribution in [2.24, 2.45) is 5.92 Å². The zero-order valence-corrected chi connectivity index (χ0v) is 12.3. The SMILES string of the molecule is O=C(Nc1cccc(Oc2ccncc2)c1)C1CCNCC1. The number of anilines is 1. The predicted octanol–water partition coefficient (Wildman–Crippen LogP) is 2.81. The summed E-state index contributed by atoms with van der Waals surface area (Å²) in [6.45, 7) is 1.81. The lowest BCUT2D eigenvalue weighted by Gasteiger charge is -2.21. The standard InChI is InChI=1S/C17H19N3O2/c21-17(13-4-8-18-9-5-13)20-14-2-1-3-16(12-14)22-15-6-10-19-11-7-15/h1-3,6-7,10-13,18H,4-5,8-9H2,(H,20,21). The van der Waals surface area contributed by atoms with Crippen molar-refractivity contribution in [3.63, 3.8) is 0 Å². The monoisotopic (exact) mass is 297 g/mol. The normalized spacial score (nSPS) is 15.3. The Bertz CT molecular complexity index is 625. The van der Waals surface area contributed by atoms with E-state index in [-0.39, 0.29) is 11.8 Å². The van der Waals surface area contributed by atoms with Crippen LogP contribution in [0.3, 0.4) is 0 Å². The van der Waals surface area contributed by atoms with Gasteiger partial charge >= 0.3 is 0 Å². The molecule has 2 N–H and O–H groups in total. The molecule has 1 aliphatic heterocycles. The number of hydrogen-bond donors (Lipinski definition) is 2. The number of carbonyl (C=O) groups excluding carboxylic acids is 1. The van der Waals surface area contributed by atoms with Crippen LogP contribution in [0.2, 0.25) is 0 Å². The van der Waals surface area contributed by atoms with Crippen LogP contribution in [0.25, 0.3) is 0 Å². The Labute approximate surface area is 129 Å². The van der Waals surface area contributed by atoms with E-state index in [0.717, 1.165) is 37.4 Å². The maximum atomic E-state index is 12.2. The number of aromatic nitrogens is 1. The summed E-state index contributed by atoms with van der Waals surface area (Å²) in [7, 11) is 0. The summed E-state index contributed by atoms with van der Waals surface area (Å²) in [6.07, 6.45) is 5.13. The average Bonchev–Trinajstić information content (AvgIpc) is 2.57. The molecule has 22 heavy (non-hydrogen) atoms. The third-order valence-electron chi connectivity index (χ3n) is 3.70. The zero-order valence-electron chi connectivity index (χ0n) is 12.3. The van der Waals surface area contributed by atoms with Crippen molar-refractivity contribution in [2.75, 3.05) is 18.4 Å². The Morgan fingerprint density at radius 2 is 1.91 bits per heavy atom. The maximum absolute atomic E-state index is 12.2. The van der Waals surface area contributed by atoms with E-state index in [1.807, 2.05) is 24.3 Å². The van der Waals surface area contributed by atoms with Crippen molar-refractivity contribution in [2.45, 2.75) is 12.8 Å². The quantitative estimate of drug-likeness (QED) is 0.911. The molecule has 0 unspecified atom stereocenters. The number of nitrogens with one attached hydrogen (secondary N) is 2. The molecule has 0 saturated carbocycles. The van der Waals surface area contributed by atoms with Gasteiger partial charge in [-0.3, -0.25) is 9.78 Å². The maximum Gasteiger partial charge on any atom is 0.227 e. The highest BCUT2D eigenvalue weighted by molar-refractivity contribution is 5.92. The van der Waals surface area contributed by atoms with Gasteiger partial charge in [-0.2, -0.15) is 0 Å². The van der Waals surface area contributed by atoms with Gasteiger partial charge in [-0.05, 0) is 50.2 Å². The first-order chi connectivity index (χ1) is 10.8. The van der Waals surface area contributed by atoms with Gasteiger partial charge in [0.25, 0.3) is 0 Å². The van der Waals surface area contributed by atoms with Gasteiger partial charge in [-0.15, -0.1) is 0 Å². The van der Waals surface area contributed by atoms with Gasteiger partial charge in [0.1, 0.15) is 11.5 Å². The number of pyridine rings is 1. The van der Waals surface area contributed by atoms with Crippen LogP contribution < -0.4 is 15.4 Å². The molecule has 3 rings (SSSR count). The number of nitrogens with zero attached hydrogens (tertiary/aromatic N) is 1. The molecule has 2 aromatic rings. The molecule has 0 radical (unpaired) electrons. The molecule has 1 amide bonds. The highest BCUT2D eigenvalue weighted by Crippen LogP contribution is 2.24. The molecule has 1 aromatic carbocycles. The van der Waals surface area contributed by atoms with E-state index in [2.05, 4.69) is 15.6 Å². The Balaban J connectivity index is 1.64. The molecule has 1 fully saturated rings. The summed E-state index contributed by atoms with van der Waals surface area (Å²) in [4.78, 5) is 16.2. The summed E-state index contributed by atoms with van der Waals surface area (Å²) in [6, 6.07) is 11.0. The fourth-order valence-corrected chi connectivity index (χ4v) is 2.51. The van der Waals surface area contributed by atoms with E-state index in [0.29, 0.717) is 5.75 Å². The molecule has 2 heterocycles. The molecular formula is C17H19N3O2. The van der Waals surface area contributed by atoms with Crippen molar-refractivity contribution >= 4 is 11.6 Å². The molecule has 5 heteroatoms. The van der Waals surface area contributed by atoms with Gasteiger partial charge in [0.2, 0.25) is 5.91 Å². The summed E-state index contributed by atoms with van der Waals surface area (Å²) < 4.78 is 5.74. The third kappa shape index (κ3) is 3.83. The molecule has 1 aliphatic rings. The minimum absolute atomic E-state index is 0.0857. The van der Waals surface area contributed by atoms with Gasteiger partial charge in [-0.25, -0.2) is 0 Å².